The second-order valence-electron chi connectivity index (χ2n) is 8.98. The molecular weight excluding hydrogens is 432 g/mol. The fraction of sp³-hybridized carbons (Fsp3) is 0.440. The van der Waals surface area contributed by atoms with Gasteiger partial charge in [-0.05, 0) is 44.6 Å². The van der Waals surface area contributed by atoms with Gasteiger partial charge in [0.15, 0.2) is 11.5 Å². The zero-order chi connectivity index (χ0) is 24.4. The average Bonchev–Trinajstić information content (AvgIpc) is 3.21. The Balaban J connectivity index is 0.000000336. The molecule has 34 heavy (non-hydrogen) atoms. The fourth-order valence-corrected chi connectivity index (χ4v) is 4.70. The van der Waals surface area contributed by atoms with E-state index in [1.165, 1.54) is 18.7 Å². The number of nitrogens with one attached hydrogen (secondary N) is 1. The first-order valence-corrected chi connectivity index (χ1v) is 11.5. The van der Waals surface area contributed by atoms with Gasteiger partial charge in [-0.25, -0.2) is 4.98 Å². The van der Waals surface area contributed by atoms with Crippen LogP contribution in [0, 0.1) is 6.92 Å². The van der Waals surface area contributed by atoms with Crippen LogP contribution in [0.15, 0.2) is 29.1 Å². The molecule has 2 aliphatic rings. The van der Waals surface area contributed by atoms with Crippen LogP contribution < -0.4 is 25.7 Å². The van der Waals surface area contributed by atoms with Gasteiger partial charge in [0.05, 0.1) is 31.8 Å². The highest BCUT2D eigenvalue weighted by Gasteiger charge is 2.22. The minimum atomic E-state index is -0.188. The van der Waals surface area contributed by atoms with Crippen LogP contribution in [0.1, 0.15) is 16.7 Å². The lowest BCUT2D eigenvalue weighted by Crippen LogP contribution is -2.33. The Hall–Kier alpha value is -3.30. The van der Waals surface area contributed by atoms with E-state index in [0.29, 0.717) is 40.5 Å². The lowest BCUT2D eigenvalue weighted by atomic mass is 9.98. The third kappa shape index (κ3) is 4.67. The van der Waals surface area contributed by atoms with Gasteiger partial charge in [0, 0.05) is 43.5 Å². The molecule has 0 atom stereocenters. The predicted molar refractivity (Wildman–Crippen MR) is 136 cm³/mol. The lowest BCUT2D eigenvalue weighted by Gasteiger charge is -2.30. The smallest absolute Gasteiger partial charge is 0.260 e. The first-order chi connectivity index (χ1) is 16.3. The molecule has 1 saturated heterocycles. The molecule has 1 fully saturated rings. The number of likely N-dealkylation sites (N-methyl/N-ethyl adjacent to an activating group) is 2. The third-order valence-corrected chi connectivity index (χ3v) is 6.51. The summed E-state index contributed by atoms with van der Waals surface area (Å²) in [7, 11) is 7.42. The molecule has 3 aromatic rings. The predicted octanol–water partition coefficient (Wildman–Crippen LogP) is 2.21. The average molecular weight is 467 g/mol. The normalized spacial score (nSPS) is 16.2. The van der Waals surface area contributed by atoms with Gasteiger partial charge in [-0.15, -0.1) is 0 Å². The lowest BCUT2D eigenvalue weighted by molar-refractivity contribution is 0.318. The first-order valence-electron chi connectivity index (χ1n) is 11.5. The fourth-order valence-electron chi connectivity index (χ4n) is 4.70. The summed E-state index contributed by atoms with van der Waals surface area (Å²) in [4.78, 5) is 27.1. The van der Waals surface area contributed by atoms with Gasteiger partial charge in [0.2, 0.25) is 5.95 Å². The number of hydrogen-bond donors (Lipinski definition) is 2. The number of nitrogens with zero attached hydrogens (tertiary/aromatic N) is 4. The molecule has 0 amide bonds. The molecule has 9 heteroatoms. The Kier molecular flexibility index (Phi) is 6.95. The standard InChI is InChI=1S/C20H22N4O3.C5H12N2/c1-11-17-15(9-16(26-2)18(11)27-3)22-20(23-19(17)25)24-8-7-13-12(10-24)5-4-6-14(13)21;1-6-3-4-7(2)5-6/h4-6,9H,7-8,10,21H2,1-3H3,(H,22,23,25);3-5H2,1-2H3. The first kappa shape index (κ1) is 23.8. The quantitative estimate of drug-likeness (QED) is 0.567. The number of ether oxygens (including phenoxy) is 2. The van der Waals surface area contributed by atoms with E-state index in [1.807, 2.05) is 19.1 Å². The maximum Gasteiger partial charge on any atom is 0.260 e. The van der Waals surface area contributed by atoms with Crippen molar-refractivity contribution in [2.75, 3.05) is 65.3 Å². The molecule has 0 bridgehead atoms. The van der Waals surface area contributed by atoms with Crippen LogP contribution in [-0.4, -0.2) is 74.4 Å². The Morgan fingerprint density at radius 2 is 1.82 bits per heavy atom. The Morgan fingerprint density at radius 3 is 2.44 bits per heavy atom. The van der Waals surface area contributed by atoms with Gasteiger partial charge in [-0.2, -0.15) is 0 Å². The number of methoxy groups -OCH3 is 2. The van der Waals surface area contributed by atoms with Crippen molar-refractivity contribution in [2.24, 2.45) is 0 Å². The molecular formula is C25H34N6O3. The summed E-state index contributed by atoms with van der Waals surface area (Å²) in [5.74, 6) is 1.66. The van der Waals surface area contributed by atoms with Crippen molar-refractivity contribution in [3.8, 4) is 11.5 Å². The monoisotopic (exact) mass is 466 g/mol. The van der Waals surface area contributed by atoms with Crippen molar-refractivity contribution >= 4 is 22.5 Å². The molecule has 2 aliphatic heterocycles. The molecule has 0 radical (unpaired) electrons. The molecule has 0 unspecified atom stereocenters. The highest BCUT2D eigenvalue weighted by atomic mass is 16.5. The van der Waals surface area contributed by atoms with E-state index in [9.17, 15) is 4.79 Å². The number of aromatic nitrogens is 2. The summed E-state index contributed by atoms with van der Waals surface area (Å²) in [6.07, 6.45) is 0.814. The minimum Gasteiger partial charge on any atom is -0.493 e. The number of benzene rings is 2. The zero-order valence-corrected chi connectivity index (χ0v) is 20.6. The van der Waals surface area contributed by atoms with Crippen molar-refractivity contribution in [1.29, 1.82) is 0 Å². The van der Waals surface area contributed by atoms with Crippen molar-refractivity contribution in [2.45, 2.75) is 19.9 Å². The van der Waals surface area contributed by atoms with Crippen LogP contribution in [0.4, 0.5) is 11.6 Å². The highest BCUT2D eigenvalue weighted by Crippen LogP contribution is 2.35. The topological polar surface area (TPSA) is 100.0 Å². The van der Waals surface area contributed by atoms with E-state index >= 15 is 0 Å². The number of anilines is 2. The molecule has 2 aromatic carbocycles. The number of nitrogen functional groups attached to an aromatic ring is 1. The summed E-state index contributed by atoms with van der Waals surface area (Å²) in [5.41, 5.74) is 10.3. The van der Waals surface area contributed by atoms with Gasteiger partial charge >= 0.3 is 0 Å². The molecule has 0 saturated carbocycles. The Bertz CT molecular complexity index is 1230. The largest absolute Gasteiger partial charge is 0.493 e. The van der Waals surface area contributed by atoms with Gasteiger partial charge < -0.3 is 20.1 Å². The van der Waals surface area contributed by atoms with Gasteiger partial charge in [0.25, 0.3) is 5.56 Å². The second kappa shape index (κ2) is 9.90. The van der Waals surface area contributed by atoms with E-state index in [-0.39, 0.29) is 5.56 Å². The number of nitrogens with two attached hydrogens (primary N) is 1. The third-order valence-electron chi connectivity index (χ3n) is 6.51. The molecule has 0 spiro atoms. The van der Waals surface area contributed by atoms with Crippen molar-refractivity contribution in [1.82, 2.24) is 19.8 Å². The van der Waals surface area contributed by atoms with Crippen LogP contribution in [0.5, 0.6) is 11.5 Å². The van der Waals surface area contributed by atoms with Gasteiger partial charge in [-0.3, -0.25) is 19.6 Å². The van der Waals surface area contributed by atoms with E-state index in [1.54, 1.807) is 20.3 Å². The molecule has 0 aliphatic carbocycles. The van der Waals surface area contributed by atoms with Crippen LogP contribution in [0.3, 0.4) is 0 Å². The minimum absolute atomic E-state index is 0.188. The van der Waals surface area contributed by atoms with Crippen LogP contribution >= 0.6 is 0 Å². The SMILES string of the molecule is CN1CCN(C)C1.COc1cc2nc(N3CCc4c(N)cccc4C3)[nH]c(=O)c2c(C)c1OC. The summed E-state index contributed by atoms with van der Waals surface area (Å²) in [5, 5.41) is 0.512. The van der Waals surface area contributed by atoms with E-state index in [2.05, 4.69) is 39.8 Å². The van der Waals surface area contributed by atoms with Crippen LogP contribution in [0.25, 0.3) is 10.9 Å². The molecule has 5 rings (SSSR count). The van der Waals surface area contributed by atoms with Crippen molar-refractivity contribution in [3.63, 3.8) is 0 Å². The molecule has 3 N–H and O–H groups in total. The number of H-pyrrole nitrogens is 1. The molecule has 3 heterocycles. The van der Waals surface area contributed by atoms with E-state index in [0.717, 1.165) is 30.9 Å². The van der Waals surface area contributed by atoms with Crippen molar-refractivity contribution < 1.29 is 9.47 Å². The van der Waals surface area contributed by atoms with Crippen LogP contribution in [0.2, 0.25) is 0 Å². The van der Waals surface area contributed by atoms with E-state index in [4.69, 9.17) is 20.2 Å². The maximum absolute atomic E-state index is 12.8. The molecule has 1 aromatic heterocycles. The van der Waals surface area contributed by atoms with E-state index < -0.39 is 0 Å². The maximum atomic E-state index is 12.8. The van der Waals surface area contributed by atoms with Crippen LogP contribution in [-0.2, 0) is 13.0 Å². The van der Waals surface area contributed by atoms with Crippen molar-refractivity contribution in [3.05, 3.63) is 51.3 Å². The Labute approximate surface area is 200 Å². The number of aryl methyl sites for hydroxylation is 1. The van der Waals surface area contributed by atoms with Gasteiger partial charge in [-0.1, -0.05) is 12.1 Å². The Morgan fingerprint density at radius 1 is 1.09 bits per heavy atom. The summed E-state index contributed by atoms with van der Waals surface area (Å²) in [6, 6.07) is 7.69. The number of fused-ring (bicyclic) bond motifs is 2. The number of hydrogen-bond acceptors (Lipinski definition) is 8. The van der Waals surface area contributed by atoms with Gasteiger partial charge in [0.1, 0.15) is 0 Å². The summed E-state index contributed by atoms with van der Waals surface area (Å²) < 4.78 is 10.8. The zero-order valence-electron chi connectivity index (χ0n) is 20.6. The molecule has 182 valence electrons. The number of aromatic amines is 1. The molecule has 9 nitrogen and oxygen atoms in total. The summed E-state index contributed by atoms with van der Waals surface area (Å²) in [6.45, 7) is 6.83. The highest BCUT2D eigenvalue weighted by molar-refractivity contribution is 5.86. The summed E-state index contributed by atoms with van der Waals surface area (Å²) >= 11 is 0. The number of rotatable bonds is 3. The second-order valence-corrected chi connectivity index (χ2v) is 8.98.